The second-order valence-electron chi connectivity index (χ2n) is 11.6. The molecule has 3 aliphatic rings. The highest BCUT2D eigenvalue weighted by molar-refractivity contribution is 6.32. The number of ketones is 2. The first kappa shape index (κ1) is 28.3. The molecule has 0 saturated heterocycles. The standard InChI is InChI=1S/C36H36ClNO4/c1-22-15-23(2)17-25(16-22)21-42-36-27(37)18-26(19-32(36)41-3)33-34-28(11-7-13-30(34)39)38(20-24-9-5-4-6-10-24)29-12-8-14-31(40)35(29)33/h4-6,9-10,15-19,33H,7-8,11-14,20-21H2,1-3H3. The van der Waals surface area contributed by atoms with Crippen molar-refractivity contribution < 1.29 is 19.1 Å². The largest absolute Gasteiger partial charge is 0.493 e. The van der Waals surface area contributed by atoms with Gasteiger partial charge >= 0.3 is 0 Å². The Morgan fingerprint density at radius 3 is 2.02 bits per heavy atom. The van der Waals surface area contributed by atoms with Crippen LogP contribution in [0, 0.1) is 13.8 Å². The van der Waals surface area contributed by atoms with E-state index in [2.05, 4.69) is 49.1 Å². The van der Waals surface area contributed by atoms with Crippen LogP contribution in [0.5, 0.6) is 11.5 Å². The molecule has 216 valence electrons. The van der Waals surface area contributed by atoms with E-state index in [1.165, 1.54) is 11.1 Å². The normalized spacial score (nSPS) is 17.4. The van der Waals surface area contributed by atoms with Crippen LogP contribution in [0.2, 0.25) is 5.02 Å². The van der Waals surface area contributed by atoms with E-state index in [4.69, 9.17) is 21.1 Å². The number of benzene rings is 3. The van der Waals surface area contributed by atoms with Crippen molar-refractivity contribution in [3.8, 4) is 11.5 Å². The molecule has 0 atom stereocenters. The van der Waals surface area contributed by atoms with Crippen LogP contribution in [0.15, 0.2) is 83.2 Å². The summed E-state index contributed by atoms with van der Waals surface area (Å²) in [6, 6.07) is 20.3. The smallest absolute Gasteiger partial charge is 0.180 e. The number of carbonyl (C=O) groups is 2. The molecule has 0 aromatic heterocycles. The summed E-state index contributed by atoms with van der Waals surface area (Å²) in [7, 11) is 1.59. The average molecular weight is 582 g/mol. The van der Waals surface area contributed by atoms with Gasteiger partial charge in [-0.05, 0) is 68.4 Å². The third-order valence-electron chi connectivity index (χ3n) is 8.52. The summed E-state index contributed by atoms with van der Waals surface area (Å²) in [6.07, 6.45) is 4.18. The summed E-state index contributed by atoms with van der Waals surface area (Å²) in [4.78, 5) is 29.7. The van der Waals surface area contributed by atoms with E-state index in [1.54, 1.807) is 7.11 Å². The zero-order chi connectivity index (χ0) is 29.4. The molecule has 0 spiro atoms. The predicted molar refractivity (Wildman–Crippen MR) is 165 cm³/mol. The van der Waals surface area contributed by atoms with Gasteiger partial charge in [-0.1, -0.05) is 71.3 Å². The first-order valence-corrected chi connectivity index (χ1v) is 15.1. The number of halogens is 1. The predicted octanol–water partition coefficient (Wildman–Crippen LogP) is 8.16. The van der Waals surface area contributed by atoms with Gasteiger partial charge in [-0.25, -0.2) is 0 Å². The second kappa shape index (κ2) is 11.8. The second-order valence-corrected chi connectivity index (χ2v) is 12.0. The molecule has 5 nitrogen and oxygen atoms in total. The molecule has 0 amide bonds. The lowest BCUT2D eigenvalue weighted by Crippen LogP contribution is -2.38. The van der Waals surface area contributed by atoms with Gasteiger partial charge in [0.15, 0.2) is 23.1 Å². The Balaban J connectivity index is 1.43. The molecule has 0 radical (unpaired) electrons. The molecular weight excluding hydrogens is 546 g/mol. The maximum atomic E-state index is 13.7. The molecule has 6 heteroatoms. The number of methoxy groups -OCH3 is 1. The van der Waals surface area contributed by atoms with Crippen molar-refractivity contribution in [1.82, 2.24) is 4.90 Å². The lowest BCUT2D eigenvalue weighted by atomic mass is 9.71. The summed E-state index contributed by atoms with van der Waals surface area (Å²) in [5, 5.41) is 0.399. The molecule has 1 heterocycles. The quantitative estimate of drug-likeness (QED) is 0.282. The van der Waals surface area contributed by atoms with E-state index < -0.39 is 5.92 Å². The number of carbonyl (C=O) groups excluding carboxylic acids is 2. The van der Waals surface area contributed by atoms with E-state index in [0.29, 0.717) is 42.5 Å². The third kappa shape index (κ3) is 5.38. The molecule has 42 heavy (non-hydrogen) atoms. The van der Waals surface area contributed by atoms with Crippen LogP contribution in [0.4, 0.5) is 0 Å². The fraction of sp³-hybridized carbons (Fsp3) is 0.333. The molecule has 0 unspecified atom stereocenters. The number of hydrogen-bond donors (Lipinski definition) is 0. The Bertz CT molecular complexity index is 1560. The maximum absolute atomic E-state index is 13.7. The van der Waals surface area contributed by atoms with Crippen LogP contribution in [0.25, 0.3) is 0 Å². The van der Waals surface area contributed by atoms with Crippen molar-refractivity contribution in [2.45, 2.75) is 71.4 Å². The van der Waals surface area contributed by atoms with E-state index in [-0.39, 0.29) is 11.6 Å². The van der Waals surface area contributed by atoms with Crippen LogP contribution in [-0.4, -0.2) is 23.6 Å². The van der Waals surface area contributed by atoms with Gasteiger partial charge in [0.25, 0.3) is 0 Å². The van der Waals surface area contributed by atoms with Gasteiger partial charge in [-0.15, -0.1) is 0 Å². The highest BCUT2D eigenvalue weighted by Gasteiger charge is 2.43. The van der Waals surface area contributed by atoms with Crippen LogP contribution in [0.3, 0.4) is 0 Å². The first-order valence-electron chi connectivity index (χ1n) is 14.8. The van der Waals surface area contributed by atoms with Gasteiger partial charge in [-0.2, -0.15) is 0 Å². The van der Waals surface area contributed by atoms with Crippen molar-refractivity contribution in [2.75, 3.05) is 7.11 Å². The van der Waals surface area contributed by atoms with Crippen molar-refractivity contribution >= 4 is 23.2 Å². The van der Waals surface area contributed by atoms with Crippen molar-refractivity contribution in [3.63, 3.8) is 0 Å². The van der Waals surface area contributed by atoms with Crippen molar-refractivity contribution in [1.29, 1.82) is 0 Å². The van der Waals surface area contributed by atoms with E-state index in [0.717, 1.165) is 64.9 Å². The van der Waals surface area contributed by atoms with Gasteiger partial charge in [0.1, 0.15) is 6.61 Å². The minimum Gasteiger partial charge on any atom is -0.493 e. The molecule has 2 aliphatic carbocycles. The van der Waals surface area contributed by atoms with Crippen LogP contribution >= 0.6 is 11.6 Å². The molecule has 0 N–H and O–H groups in total. The average Bonchev–Trinajstić information content (AvgIpc) is 2.97. The molecule has 0 saturated carbocycles. The monoisotopic (exact) mass is 581 g/mol. The Morgan fingerprint density at radius 2 is 1.43 bits per heavy atom. The molecular formula is C36H36ClNO4. The number of aryl methyl sites for hydroxylation is 2. The van der Waals surface area contributed by atoms with Gasteiger partial charge in [0.2, 0.25) is 0 Å². The number of hydrogen-bond acceptors (Lipinski definition) is 5. The fourth-order valence-corrected chi connectivity index (χ4v) is 7.13. The number of ether oxygens (including phenoxy) is 2. The van der Waals surface area contributed by atoms with Crippen LogP contribution < -0.4 is 9.47 Å². The molecule has 1 aliphatic heterocycles. The summed E-state index contributed by atoms with van der Waals surface area (Å²) < 4.78 is 12.0. The topological polar surface area (TPSA) is 55.8 Å². The van der Waals surface area contributed by atoms with Crippen LogP contribution in [0.1, 0.15) is 72.3 Å². The molecule has 3 aromatic rings. The zero-order valence-electron chi connectivity index (χ0n) is 24.5. The maximum Gasteiger partial charge on any atom is 0.180 e. The molecule has 0 bridgehead atoms. The fourth-order valence-electron chi connectivity index (χ4n) is 6.86. The minimum absolute atomic E-state index is 0.106. The summed E-state index contributed by atoms with van der Waals surface area (Å²) >= 11 is 6.90. The number of nitrogens with zero attached hydrogens (tertiary/aromatic N) is 1. The lowest BCUT2D eigenvalue weighted by molar-refractivity contribution is -0.117. The Labute approximate surface area is 252 Å². The Kier molecular flexibility index (Phi) is 7.96. The highest BCUT2D eigenvalue weighted by Crippen LogP contribution is 2.51. The lowest BCUT2D eigenvalue weighted by Gasteiger charge is -2.44. The Morgan fingerprint density at radius 1 is 0.810 bits per heavy atom. The molecule has 6 rings (SSSR count). The van der Waals surface area contributed by atoms with Gasteiger partial charge in [0, 0.05) is 47.8 Å². The highest BCUT2D eigenvalue weighted by atomic mass is 35.5. The Hall–Kier alpha value is -3.83. The van der Waals surface area contributed by atoms with E-state index in [1.807, 2.05) is 30.3 Å². The van der Waals surface area contributed by atoms with E-state index >= 15 is 0 Å². The van der Waals surface area contributed by atoms with Gasteiger partial charge < -0.3 is 14.4 Å². The number of rotatable bonds is 7. The first-order chi connectivity index (χ1) is 20.3. The van der Waals surface area contributed by atoms with Crippen LogP contribution in [-0.2, 0) is 22.7 Å². The van der Waals surface area contributed by atoms with Crippen molar-refractivity contribution in [2.24, 2.45) is 0 Å². The summed E-state index contributed by atoms with van der Waals surface area (Å²) in [5.74, 6) is 0.688. The number of allylic oxidation sites excluding steroid dienone is 4. The van der Waals surface area contributed by atoms with Crippen molar-refractivity contribution in [3.05, 3.63) is 116 Å². The molecule has 3 aromatic carbocycles. The summed E-state index contributed by atoms with van der Waals surface area (Å²) in [5.41, 5.74) is 8.87. The van der Waals surface area contributed by atoms with Gasteiger partial charge in [-0.3, -0.25) is 9.59 Å². The third-order valence-corrected chi connectivity index (χ3v) is 8.80. The molecule has 0 fully saturated rings. The van der Waals surface area contributed by atoms with Gasteiger partial charge in [0.05, 0.1) is 12.1 Å². The number of Topliss-reactive ketones (excluding diaryl/α,β-unsaturated/α-hetero) is 2. The zero-order valence-corrected chi connectivity index (χ0v) is 25.2. The minimum atomic E-state index is -0.470. The summed E-state index contributed by atoms with van der Waals surface area (Å²) in [6.45, 7) is 5.11. The van der Waals surface area contributed by atoms with E-state index in [9.17, 15) is 9.59 Å². The SMILES string of the molecule is COc1cc(C2C3=C(CCCC3=O)N(Cc3ccccc3)C3=C2C(=O)CCC3)cc(Cl)c1OCc1cc(C)cc(C)c1.